The van der Waals surface area contributed by atoms with Crippen LogP contribution in [0.25, 0.3) is 22.8 Å². The van der Waals surface area contributed by atoms with Crippen molar-refractivity contribution in [3.63, 3.8) is 0 Å². The molecule has 0 N–H and O–H groups in total. The third-order valence-electron chi connectivity index (χ3n) is 5.76. The monoisotopic (exact) mass is 455 g/mol. The summed E-state index contributed by atoms with van der Waals surface area (Å²) in [4.78, 5) is 17.8. The molecule has 0 saturated carbocycles. The summed E-state index contributed by atoms with van der Waals surface area (Å²) in [6.07, 6.45) is 7.70. The van der Waals surface area contributed by atoms with E-state index in [1.54, 1.807) is 18.5 Å². The normalized spacial score (nSPS) is 11.9. The lowest BCUT2D eigenvalue weighted by Gasteiger charge is -2.15. The van der Waals surface area contributed by atoms with E-state index in [4.69, 9.17) is 0 Å². The minimum atomic E-state index is -0.935. The second kappa shape index (κ2) is 9.84. The quantitative estimate of drug-likeness (QED) is 0.345. The van der Waals surface area contributed by atoms with Crippen LogP contribution in [0.3, 0.4) is 0 Å². The molecule has 0 saturated heterocycles. The highest BCUT2D eigenvalue weighted by Crippen LogP contribution is 2.28. The summed E-state index contributed by atoms with van der Waals surface area (Å²) < 4.78 is 26.8. The molecule has 0 amide bonds. The van der Waals surface area contributed by atoms with E-state index in [1.807, 2.05) is 24.5 Å². The summed E-state index contributed by atoms with van der Waals surface area (Å²) in [6, 6.07) is 11.3. The van der Waals surface area contributed by atoms with Crippen LogP contribution in [-0.4, -0.2) is 19.9 Å². The van der Waals surface area contributed by atoms with E-state index in [1.165, 1.54) is 6.07 Å². The van der Waals surface area contributed by atoms with Crippen molar-refractivity contribution in [2.75, 3.05) is 0 Å². The molecule has 7 heteroatoms. The zero-order valence-electron chi connectivity index (χ0n) is 19.1. The van der Waals surface area contributed by atoms with Crippen molar-refractivity contribution in [3.05, 3.63) is 95.1 Å². The van der Waals surface area contributed by atoms with Gasteiger partial charge in [0.2, 0.25) is 0 Å². The molecule has 2 heterocycles. The second-order valence-electron chi connectivity index (χ2n) is 8.55. The maximum Gasteiger partial charge on any atom is 0.159 e. The van der Waals surface area contributed by atoms with Crippen LogP contribution in [0.4, 0.5) is 8.78 Å². The van der Waals surface area contributed by atoms with Gasteiger partial charge in [0.05, 0.1) is 11.6 Å². The molecule has 0 spiro atoms. The molecule has 5 nitrogen and oxygen atoms in total. The van der Waals surface area contributed by atoms with E-state index >= 15 is 0 Å². The highest BCUT2D eigenvalue weighted by molar-refractivity contribution is 5.63. The van der Waals surface area contributed by atoms with E-state index in [2.05, 4.69) is 46.8 Å². The fourth-order valence-electron chi connectivity index (χ4n) is 3.63. The summed E-state index contributed by atoms with van der Waals surface area (Å²) in [5.41, 5.74) is 4.73. The van der Waals surface area contributed by atoms with Crippen LogP contribution in [0.2, 0.25) is 0 Å². The van der Waals surface area contributed by atoms with Gasteiger partial charge in [0.1, 0.15) is 0 Å². The van der Waals surface area contributed by atoms with Crippen LogP contribution in [0.15, 0.2) is 61.2 Å². The van der Waals surface area contributed by atoms with E-state index in [-0.39, 0.29) is 5.92 Å². The van der Waals surface area contributed by atoms with E-state index in [0.717, 1.165) is 34.4 Å². The van der Waals surface area contributed by atoms with E-state index < -0.39 is 11.6 Å². The number of hydrogen-bond acceptors (Lipinski definition) is 5. The van der Waals surface area contributed by atoms with Gasteiger partial charge in [-0.15, -0.1) is 0 Å². The number of aromatic nitrogens is 4. The maximum atomic E-state index is 13.5. The molecule has 0 fully saturated rings. The van der Waals surface area contributed by atoms with Gasteiger partial charge < -0.3 is 0 Å². The molecular formula is C27H23F2N5. The Kier molecular flexibility index (Phi) is 6.69. The smallest absolute Gasteiger partial charge is 0.159 e. The van der Waals surface area contributed by atoms with Crippen molar-refractivity contribution >= 4 is 0 Å². The predicted octanol–water partition coefficient (Wildman–Crippen LogP) is 6.22. The Morgan fingerprint density at radius 3 is 2.06 bits per heavy atom. The highest BCUT2D eigenvalue weighted by atomic mass is 19.2. The van der Waals surface area contributed by atoms with Gasteiger partial charge in [-0.05, 0) is 65.3 Å². The molecule has 0 radical (unpaired) electrons. The predicted molar refractivity (Wildman–Crippen MR) is 126 cm³/mol. The molecule has 2 aromatic carbocycles. The molecule has 4 aromatic rings. The summed E-state index contributed by atoms with van der Waals surface area (Å²) in [7, 11) is 0. The van der Waals surface area contributed by atoms with Crippen LogP contribution in [0.5, 0.6) is 0 Å². The first kappa shape index (κ1) is 23.1. The van der Waals surface area contributed by atoms with Gasteiger partial charge in [0.15, 0.2) is 23.3 Å². The summed E-state index contributed by atoms with van der Waals surface area (Å²) in [6.45, 7) is 6.23. The molecule has 2 aromatic heterocycles. The molecule has 0 unspecified atom stereocenters. The Hall–Kier alpha value is -4.05. The number of rotatable bonds is 6. The van der Waals surface area contributed by atoms with Crippen molar-refractivity contribution in [1.29, 1.82) is 5.26 Å². The largest absolute Gasteiger partial charge is 0.236 e. The Morgan fingerprint density at radius 2 is 1.44 bits per heavy atom. The first-order chi connectivity index (χ1) is 16.4. The average molecular weight is 456 g/mol. The second-order valence-corrected chi connectivity index (χ2v) is 8.55. The molecule has 0 aliphatic heterocycles. The zero-order chi connectivity index (χ0) is 24.2. The summed E-state index contributed by atoms with van der Waals surface area (Å²) >= 11 is 0. The minimum Gasteiger partial charge on any atom is -0.236 e. The number of hydrogen-bond donors (Lipinski definition) is 0. The lowest BCUT2D eigenvalue weighted by molar-refractivity contribution is 0.509. The first-order valence-electron chi connectivity index (χ1n) is 11.0. The van der Waals surface area contributed by atoms with Gasteiger partial charge in [0, 0.05) is 35.9 Å². The van der Waals surface area contributed by atoms with Crippen LogP contribution in [0.1, 0.15) is 54.9 Å². The highest BCUT2D eigenvalue weighted by Gasteiger charge is 2.16. The minimum absolute atomic E-state index is 0.0561. The van der Waals surface area contributed by atoms with Gasteiger partial charge in [-0.2, -0.15) is 5.26 Å². The van der Waals surface area contributed by atoms with E-state index in [0.29, 0.717) is 35.1 Å². The van der Waals surface area contributed by atoms with Crippen molar-refractivity contribution in [3.8, 4) is 28.8 Å². The lowest BCUT2D eigenvalue weighted by Crippen LogP contribution is -2.04. The molecule has 1 atom stereocenters. The van der Waals surface area contributed by atoms with Gasteiger partial charge in [-0.3, -0.25) is 0 Å². The van der Waals surface area contributed by atoms with Gasteiger partial charge in [0.25, 0.3) is 0 Å². The third-order valence-corrected chi connectivity index (χ3v) is 5.76. The number of halogens is 2. The standard InChI is InChI=1S/C27H23F2N5/c1-16(2)21-12-33-27(34-13-21)23-9-18(11-30)4-5-19(23)8-17(3)22-14-31-26(32-15-22)20-6-7-24(28)25(29)10-20/h4-7,9-10,12-17H,8H2,1-3H3/t17-/m1/s1. The van der Waals surface area contributed by atoms with Gasteiger partial charge in [-0.1, -0.05) is 26.8 Å². The van der Waals surface area contributed by atoms with Crippen molar-refractivity contribution in [2.24, 2.45) is 0 Å². The fourth-order valence-corrected chi connectivity index (χ4v) is 3.63. The lowest BCUT2D eigenvalue weighted by atomic mass is 9.91. The van der Waals surface area contributed by atoms with Crippen molar-refractivity contribution < 1.29 is 8.78 Å². The summed E-state index contributed by atoms with van der Waals surface area (Å²) in [5, 5.41) is 9.38. The fraction of sp³-hybridized carbons (Fsp3) is 0.222. The van der Waals surface area contributed by atoms with Crippen molar-refractivity contribution in [2.45, 2.75) is 39.0 Å². The Labute approximate surface area is 197 Å². The SMILES string of the molecule is CC(C)c1cnc(-c2cc(C#N)ccc2C[C@@H](C)c2cnc(-c3ccc(F)c(F)c3)nc2)nc1. The maximum absolute atomic E-state index is 13.5. The van der Waals surface area contributed by atoms with Gasteiger partial charge in [-0.25, -0.2) is 28.7 Å². The number of nitriles is 1. The van der Waals surface area contributed by atoms with Gasteiger partial charge >= 0.3 is 0 Å². The number of nitrogens with zero attached hydrogens (tertiary/aromatic N) is 5. The topological polar surface area (TPSA) is 75.3 Å². The van der Waals surface area contributed by atoms with Crippen LogP contribution < -0.4 is 0 Å². The molecule has 0 aliphatic carbocycles. The average Bonchev–Trinajstić information content (AvgIpc) is 2.86. The number of benzene rings is 2. The molecular weight excluding hydrogens is 432 g/mol. The molecule has 170 valence electrons. The van der Waals surface area contributed by atoms with Crippen LogP contribution in [-0.2, 0) is 6.42 Å². The molecule has 0 bridgehead atoms. The summed E-state index contributed by atoms with van der Waals surface area (Å²) in [5.74, 6) is -0.555. The Morgan fingerprint density at radius 1 is 0.794 bits per heavy atom. The first-order valence-corrected chi connectivity index (χ1v) is 11.0. The van der Waals surface area contributed by atoms with Crippen molar-refractivity contribution in [1.82, 2.24) is 19.9 Å². The Balaban J connectivity index is 1.59. The van der Waals surface area contributed by atoms with E-state index in [9.17, 15) is 14.0 Å². The molecule has 0 aliphatic rings. The Bertz CT molecular complexity index is 1340. The molecule has 4 rings (SSSR count). The molecule has 34 heavy (non-hydrogen) atoms. The van der Waals surface area contributed by atoms with Crippen LogP contribution >= 0.6 is 0 Å². The zero-order valence-corrected chi connectivity index (χ0v) is 19.1. The third kappa shape index (κ3) is 4.96. The van der Waals surface area contributed by atoms with Crippen LogP contribution in [0, 0.1) is 23.0 Å².